The lowest BCUT2D eigenvalue weighted by Gasteiger charge is -2.16. The number of hydrogen-bond donors (Lipinski definition) is 1. The van der Waals surface area contributed by atoms with E-state index in [0.29, 0.717) is 11.5 Å². The van der Waals surface area contributed by atoms with Crippen LogP contribution < -0.4 is 5.73 Å². The first-order valence-corrected chi connectivity index (χ1v) is 4.87. The normalized spacial score (nSPS) is 10.5. The van der Waals surface area contributed by atoms with E-state index < -0.39 is 0 Å². The maximum absolute atomic E-state index is 5.46. The summed E-state index contributed by atoms with van der Waals surface area (Å²) in [6.45, 7) is 3.48. The Kier molecular flexibility index (Phi) is 3.98. The van der Waals surface area contributed by atoms with E-state index in [1.807, 2.05) is 20.0 Å². The van der Waals surface area contributed by atoms with Gasteiger partial charge in [-0.3, -0.25) is 9.88 Å². The van der Waals surface area contributed by atoms with E-state index >= 15 is 0 Å². The molecule has 0 radical (unpaired) electrons. The highest BCUT2D eigenvalue weighted by Gasteiger charge is 2.03. The largest absolute Gasteiger partial charge is 0.392 e. The predicted octanol–water partition coefficient (Wildman–Crippen LogP) is 1.11. The summed E-state index contributed by atoms with van der Waals surface area (Å²) in [5.74, 6) is 0. The average Bonchev–Trinajstić information content (AvgIpc) is 2.07. The summed E-state index contributed by atoms with van der Waals surface area (Å²) in [5, 5.41) is 0. The van der Waals surface area contributed by atoms with Crippen molar-refractivity contribution in [1.82, 2.24) is 9.88 Å². The van der Waals surface area contributed by atoms with Crippen LogP contribution in [-0.4, -0.2) is 28.5 Å². The van der Waals surface area contributed by atoms with Crippen molar-refractivity contribution in [2.75, 3.05) is 13.6 Å². The van der Waals surface area contributed by atoms with E-state index in [2.05, 4.69) is 16.0 Å². The zero-order valence-electron chi connectivity index (χ0n) is 8.53. The minimum Gasteiger partial charge on any atom is -0.392 e. The molecule has 0 amide bonds. The average molecular weight is 209 g/mol. The first-order valence-electron chi connectivity index (χ1n) is 4.47. The zero-order chi connectivity index (χ0) is 10.6. The van der Waals surface area contributed by atoms with Crippen molar-refractivity contribution in [3.05, 3.63) is 29.6 Å². The molecule has 0 saturated heterocycles. The number of aryl methyl sites for hydroxylation is 1. The molecule has 3 nitrogen and oxygen atoms in total. The highest BCUT2D eigenvalue weighted by Crippen LogP contribution is 2.06. The molecule has 0 aliphatic heterocycles. The Bertz CT molecular complexity index is 325. The third-order valence-electron chi connectivity index (χ3n) is 1.98. The summed E-state index contributed by atoms with van der Waals surface area (Å²) < 4.78 is 0. The van der Waals surface area contributed by atoms with E-state index in [0.717, 1.165) is 12.2 Å². The summed E-state index contributed by atoms with van der Waals surface area (Å²) in [7, 11) is 1.99. The topological polar surface area (TPSA) is 42.2 Å². The lowest BCUT2D eigenvalue weighted by Crippen LogP contribution is -2.29. The molecule has 0 fully saturated rings. The molecule has 0 aromatic carbocycles. The third-order valence-corrected chi connectivity index (χ3v) is 2.11. The molecule has 2 N–H and O–H groups in total. The van der Waals surface area contributed by atoms with Gasteiger partial charge in [0.15, 0.2) is 0 Å². The van der Waals surface area contributed by atoms with Gasteiger partial charge in [0, 0.05) is 25.0 Å². The van der Waals surface area contributed by atoms with E-state index in [9.17, 15) is 0 Å². The van der Waals surface area contributed by atoms with E-state index in [-0.39, 0.29) is 0 Å². The first kappa shape index (κ1) is 11.1. The Hall–Kier alpha value is -1.00. The molecule has 14 heavy (non-hydrogen) atoms. The molecule has 0 saturated carbocycles. The number of hydrogen-bond acceptors (Lipinski definition) is 3. The number of aromatic nitrogens is 1. The molecule has 76 valence electrons. The Balaban J connectivity index is 2.60. The van der Waals surface area contributed by atoms with Crippen LogP contribution >= 0.6 is 12.2 Å². The van der Waals surface area contributed by atoms with Crippen molar-refractivity contribution in [3.8, 4) is 0 Å². The SMILES string of the molecule is Cc1ncccc1CN(C)CC(N)=S. The maximum Gasteiger partial charge on any atom is 0.0870 e. The molecule has 0 unspecified atom stereocenters. The molecular weight excluding hydrogens is 194 g/mol. The lowest BCUT2D eigenvalue weighted by molar-refractivity contribution is 0.373. The fourth-order valence-corrected chi connectivity index (χ4v) is 1.52. The molecule has 1 rings (SSSR count). The fourth-order valence-electron chi connectivity index (χ4n) is 1.30. The Morgan fingerprint density at radius 3 is 2.93 bits per heavy atom. The predicted molar refractivity (Wildman–Crippen MR) is 62.1 cm³/mol. The Labute approximate surface area is 89.9 Å². The standard InChI is InChI=1S/C10H15N3S/c1-8-9(4-3-5-12-8)6-13(2)7-10(11)14/h3-5H,6-7H2,1-2H3,(H2,11,14). The number of likely N-dealkylation sites (N-methyl/N-ethyl adjacent to an activating group) is 1. The fraction of sp³-hybridized carbons (Fsp3) is 0.400. The zero-order valence-corrected chi connectivity index (χ0v) is 9.34. The van der Waals surface area contributed by atoms with Crippen molar-refractivity contribution in [1.29, 1.82) is 0 Å². The van der Waals surface area contributed by atoms with Gasteiger partial charge in [-0.05, 0) is 25.6 Å². The molecule has 0 bridgehead atoms. The van der Waals surface area contributed by atoms with Crippen LogP contribution in [-0.2, 0) is 6.54 Å². The second-order valence-electron chi connectivity index (χ2n) is 3.39. The molecule has 0 atom stereocenters. The highest BCUT2D eigenvalue weighted by atomic mass is 32.1. The summed E-state index contributed by atoms with van der Waals surface area (Å²) in [5.41, 5.74) is 7.73. The van der Waals surface area contributed by atoms with E-state index in [4.69, 9.17) is 18.0 Å². The van der Waals surface area contributed by atoms with Crippen LogP contribution in [0.4, 0.5) is 0 Å². The van der Waals surface area contributed by atoms with Gasteiger partial charge in [-0.25, -0.2) is 0 Å². The number of nitrogens with zero attached hydrogens (tertiary/aromatic N) is 2. The molecule has 0 spiro atoms. The Morgan fingerprint density at radius 2 is 2.36 bits per heavy atom. The molecule has 1 heterocycles. The number of rotatable bonds is 4. The quantitative estimate of drug-likeness (QED) is 0.754. The molecule has 0 aliphatic carbocycles. The molecular formula is C10H15N3S. The summed E-state index contributed by atoms with van der Waals surface area (Å²) in [4.78, 5) is 6.82. The van der Waals surface area contributed by atoms with Crippen LogP contribution in [0.15, 0.2) is 18.3 Å². The van der Waals surface area contributed by atoms with E-state index in [1.54, 1.807) is 6.20 Å². The van der Waals surface area contributed by atoms with Gasteiger partial charge in [0.05, 0.1) is 4.99 Å². The van der Waals surface area contributed by atoms with Crippen LogP contribution in [0, 0.1) is 6.92 Å². The van der Waals surface area contributed by atoms with Gasteiger partial charge in [0.2, 0.25) is 0 Å². The minimum absolute atomic E-state index is 0.522. The van der Waals surface area contributed by atoms with Gasteiger partial charge in [-0.15, -0.1) is 0 Å². The first-order chi connectivity index (χ1) is 6.59. The smallest absolute Gasteiger partial charge is 0.0870 e. The van der Waals surface area contributed by atoms with Gasteiger partial charge in [0.25, 0.3) is 0 Å². The van der Waals surface area contributed by atoms with Gasteiger partial charge >= 0.3 is 0 Å². The summed E-state index contributed by atoms with van der Waals surface area (Å²) in [6.07, 6.45) is 1.80. The third kappa shape index (κ3) is 3.40. The van der Waals surface area contributed by atoms with Crippen molar-refractivity contribution in [2.45, 2.75) is 13.5 Å². The van der Waals surface area contributed by atoms with Crippen molar-refractivity contribution in [2.24, 2.45) is 5.73 Å². The van der Waals surface area contributed by atoms with Gasteiger partial charge in [-0.2, -0.15) is 0 Å². The van der Waals surface area contributed by atoms with Crippen LogP contribution in [0.1, 0.15) is 11.3 Å². The molecule has 1 aromatic rings. The Morgan fingerprint density at radius 1 is 1.64 bits per heavy atom. The number of nitrogens with two attached hydrogens (primary N) is 1. The lowest BCUT2D eigenvalue weighted by atomic mass is 10.2. The van der Waals surface area contributed by atoms with Gasteiger partial charge in [0.1, 0.15) is 0 Å². The highest BCUT2D eigenvalue weighted by molar-refractivity contribution is 7.80. The summed E-state index contributed by atoms with van der Waals surface area (Å²) >= 11 is 4.84. The summed E-state index contributed by atoms with van der Waals surface area (Å²) in [6, 6.07) is 4.01. The van der Waals surface area contributed by atoms with Crippen LogP contribution in [0.2, 0.25) is 0 Å². The van der Waals surface area contributed by atoms with Gasteiger partial charge in [-0.1, -0.05) is 18.3 Å². The van der Waals surface area contributed by atoms with Crippen LogP contribution in [0.25, 0.3) is 0 Å². The van der Waals surface area contributed by atoms with Crippen molar-refractivity contribution < 1.29 is 0 Å². The van der Waals surface area contributed by atoms with Crippen LogP contribution in [0.3, 0.4) is 0 Å². The van der Waals surface area contributed by atoms with Crippen molar-refractivity contribution >= 4 is 17.2 Å². The number of thiocarbonyl (C=S) groups is 1. The molecule has 0 aliphatic rings. The monoisotopic (exact) mass is 209 g/mol. The molecule has 4 heteroatoms. The van der Waals surface area contributed by atoms with Crippen molar-refractivity contribution in [3.63, 3.8) is 0 Å². The molecule has 1 aromatic heterocycles. The second-order valence-corrected chi connectivity index (χ2v) is 3.91. The van der Waals surface area contributed by atoms with Gasteiger partial charge < -0.3 is 5.73 Å². The van der Waals surface area contributed by atoms with Crippen LogP contribution in [0.5, 0.6) is 0 Å². The number of pyridine rings is 1. The second kappa shape index (κ2) is 5.02. The van der Waals surface area contributed by atoms with E-state index in [1.165, 1.54) is 5.56 Å². The minimum atomic E-state index is 0.522. The maximum atomic E-state index is 5.46.